The molecule has 2 atom stereocenters. The molecule has 1 rings (SSSR count). The molecule has 1 aliphatic rings. The van der Waals surface area contributed by atoms with Gasteiger partial charge >= 0.3 is 0 Å². The largest absolute Gasteiger partial charge is 0.345 e. The summed E-state index contributed by atoms with van der Waals surface area (Å²) in [4.78, 5) is 21.4. The van der Waals surface area contributed by atoms with E-state index in [0.29, 0.717) is 0 Å². The van der Waals surface area contributed by atoms with Gasteiger partial charge in [0.25, 0.3) is 0 Å². The van der Waals surface area contributed by atoms with Crippen molar-refractivity contribution in [3.8, 4) is 0 Å². The van der Waals surface area contributed by atoms with Crippen molar-refractivity contribution in [1.82, 2.24) is 5.32 Å². The Morgan fingerprint density at radius 3 is 2.50 bits per heavy atom. The molecule has 0 spiro atoms. The van der Waals surface area contributed by atoms with Crippen molar-refractivity contribution in [2.75, 3.05) is 0 Å². The highest BCUT2D eigenvalue weighted by Crippen LogP contribution is 2.18. The smallest absolute Gasteiger partial charge is 0.226 e. The number of ketones is 1. The van der Waals surface area contributed by atoms with Gasteiger partial charge in [0.1, 0.15) is 0 Å². The normalized spacial score (nSPS) is 30.8. The van der Waals surface area contributed by atoms with Crippen LogP contribution in [0.4, 0.5) is 0 Å². The summed E-state index contributed by atoms with van der Waals surface area (Å²) in [7, 11) is 0. The van der Waals surface area contributed by atoms with E-state index in [1.54, 1.807) is 0 Å². The van der Waals surface area contributed by atoms with Crippen LogP contribution >= 0.6 is 0 Å². The SMILES string of the molecule is CC[C@@H]1C(=O)N[C@H]1C(C)=O. The Morgan fingerprint density at radius 2 is 2.30 bits per heavy atom. The number of nitrogens with one attached hydrogen (secondary N) is 1. The topological polar surface area (TPSA) is 46.2 Å². The zero-order chi connectivity index (χ0) is 7.72. The van der Waals surface area contributed by atoms with Crippen LogP contribution in [0.5, 0.6) is 0 Å². The number of carbonyl (C=O) groups is 2. The number of hydrogen-bond acceptors (Lipinski definition) is 2. The number of β-lactam (4-membered cyclic amide) rings is 1. The maximum Gasteiger partial charge on any atom is 0.226 e. The molecule has 0 aromatic rings. The molecule has 1 N–H and O–H groups in total. The number of rotatable bonds is 2. The predicted octanol–water partition coefficient (Wildman–Crippen LogP) is 0.1000. The van der Waals surface area contributed by atoms with Crippen molar-refractivity contribution in [3.63, 3.8) is 0 Å². The molecular weight excluding hydrogens is 130 g/mol. The third-order valence-corrected chi connectivity index (χ3v) is 1.91. The molecular formula is C7H11NO2. The van der Waals surface area contributed by atoms with Crippen molar-refractivity contribution in [1.29, 1.82) is 0 Å². The second-order valence-corrected chi connectivity index (χ2v) is 2.61. The minimum Gasteiger partial charge on any atom is -0.345 e. The van der Waals surface area contributed by atoms with Crippen LogP contribution < -0.4 is 5.32 Å². The predicted molar refractivity (Wildman–Crippen MR) is 36.4 cm³/mol. The van der Waals surface area contributed by atoms with Gasteiger partial charge in [0, 0.05) is 0 Å². The summed E-state index contributed by atoms with van der Waals surface area (Å²) >= 11 is 0. The van der Waals surface area contributed by atoms with Crippen LogP contribution in [0.25, 0.3) is 0 Å². The maximum absolute atomic E-state index is 10.7. The van der Waals surface area contributed by atoms with Crippen LogP contribution in [-0.2, 0) is 9.59 Å². The summed E-state index contributed by atoms with van der Waals surface area (Å²) in [6, 6.07) is -0.197. The van der Waals surface area contributed by atoms with Gasteiger partial charge in [-0.25, -0.2) is 0 Å². The monoisotopic (exact) mass is 141 g/mol. The number of carbonyl (C=O) groups excluding carboxylic acids is 2. The quantitative estimate of drug-likeness (QED) is 0.554. The lowest BCUT2D eigenvalue weighted by molar-refractivity contribution is -0.141. The van der Waals surface area contributed by atoms with Crippen molar-refractivity contribution in [2.24, 2.45) is 5.92 Å². The van der Waals surface area contributed by atoms with Gasteiger partial charge in [-0.05, 0) is 13.3 Å². The van der Waals surface area contributed by atoms with E-state index in [4.69, 9.17) is 0 Å². The fourth-order valence-corrected chi connectivity index (χ4v) is 1.22. The van der Waals surface area contributed by atoms with E-state index in [2.05, 4.69) is 5.32 Å². The van der Waals surface area contributed by atoms with Crippen molar-refractivity contribution in [3.05, 3.63) is 0 Å². The minimum atomic E-state index is -0.197. The Kier molecular flexibility index (Phi) is 1.74. The summed E-state index contributed by atoms with van der Waals surface area (Å²) in [5.74, 6) is 0.0200. The standard InChI is InChI=1S/C7H11NO2/c1-3-5-6(4(2)9)8-7(5)10/h5-6H,3H2,1-2H3,(H,8,10)/t5-,6-/m0/s1. The van der Waals surface area contributed by atoms with Crippen molar-refractivity contribution < 1.29 is 9.59 Å². The average molecular weight is 141 g/mol. The average Bonchev–Trinajstić information content (AvgIpc) is 1.83. The molecule has 1 fully saturated rings. The van der Waals surface area contributed by atoms with Gasteiger partial charge in [-0.2, -0.15) is 0 Å². The lowest BCUT2D eigenvalue weighted by atomic mass is 9.86. The molecule has 1 amide bonds. The van der Waals surface area contributed by atoms with E-state index in [0.717, 1.165) is 6.42 Å². The molecule has 10 heavy (non-hydrogen) atoms. The molecule has 0 radical (unpaired) electrons. The minimum absolute atomic E-state index is 0.0164. The van der Waals surface area contributed by atoms with Crippen LogP contribution in [0.1, 0.15) is 20.3 Å². The van der Waals surface area contributed by atoms with E-state index < -0.39 is 0 Å². The first-order valence-electron chi connectivity index (χ1n) is 3.47. The second-order valence-electron chi connectivity index (χ2n) is 2.61. The second kappa shape index (κ2) is 2.40. The highest BCUT2D eigenvalue weighted by Gasteiger charge is 2.40. The highest BCUT2D eigenvalue weighted by atomic mass is 16.2. The molecule has 1 heterocycles. The van der Waals surface area contributed by atoms with Crippen LogP contribution in [0.3, 0.4) is 0 Å². The summed E-state index contributed by atoms with van der Waals surface area (Å²) in [6.07, 6.45) is 0.760. The Hall–Kier alpha value is -0.860. The van der Waals surface area contributed by atoms with Crippen LogP contribution in [0.15, 0.2) is 0 Å². The molecule has 0 bridgehead atoms. The molecule has 0 saturated carbocycles. The van der Waals surface area contributed by atoms with Gasteiger partial charge in [0.2, 0.25) is 5.91 Å². The van der Waals surface area contributed by atoms with Crippen LogP contribution in [-0.4, -0.2) is 17.7 Å². The van der Waals surface area contributed by atoms with Crippen LogP contribution in [0.2, 0.25) is 0 Å². The molecule has 0 aliphatic carbocycles. The Morgan fingerprint density at radius 1 is 1.70 bits per heavy atom. The van der Waals surface area contributed by atoms with E-state index in [1.807, 2.05) is 6.92 Å². The van der Waals surface area contributed by atoms with E-state index >= 15 is 0 Å². The molecule has 0 unspecified atom stereocenters. The van der Waals surface area contributed by atoms with Crippen molar-refractivity contribution in [2.45, 2.75) is 26.3 Å². The maximum atomic E-state index is 10.7. The Balaban J connectivity index is 2.53. The van der Waals surface area contributed by atoms with Gasteiger partial charge in [-0.1, -0.05) is 6.92 Å². The molecule has 1 aliphatic heterocycles. The summed E-state index contributed by atoms with van der Waals surface area (Å²) in [6.45, 7) is 3.42. The van der Waals surface area contributed by atoms with Gasteiger partial charge in [0.05, 0.1) is 12.0 Å². The number of hydrogen-bond donors (Lipinski definition) is 1. The third-order valence-electron chi connectivity index (χ3n) is 1.91. The van der Waals surface area contributed by atoms with E-state index in [1.165, 1.54) is 6.92 Å². The first-order valence-corrected chi connectivity index (χ1v) is 3.47. The van der Waals surface area contributed by atoms with Gasteiger partial charge in [-0.15, -0.1) is 0 Å². The lowest BCUT2D eigenvalue weighted by Gasteiger charge is -2.33. The zero-order valence-electron chi connectivity index (χ0n) is 6.18. The zero-order valence-corrected chi connectivity index (χ0v) is 6.18. The number of Topliss-reactive ketones (excluding diaryl/α,β-unsaturated/α-hetero) is 1. The summed E-state index contributed by atoms with van der Waals surface area (Å²) in [5.41, 5.74) is 0. The molecule has 0 aromatic carbocycles. The summed E-state index contributed by atoms with van der Waals surface area (Å²) in [5, 5.41) is 2.55. The summed E-state index contributed by atoms with van der Waals surface area (Å²) < 4.78 is 0. The van der Waals surface area contributed by atoms with Crippen LogP contribution in [0, 0.1) is 5.92 Å². The van der Waals surface area contributed by atoms with Gasteiger partial charge in [0.15, 0.2) is 5.78 Å². The van der Waals surface area contributed by atoms with Gasteiger partial charge in [-0.3, -0.25) is 9.59 Å². The molecule has 0 aromatic heterocycles. The highest BCUT2D eigenvalue weighted by molar-refractivity contribution is 5.99. The van der Waals surface area contributed by atoms with E-state index in [-0.39, 0.29) is 23.7 Å². The molecule has 56 valence electrons. The Labute approximate surface area is 59.8 Å². The fraction of sp³-hybridized carbons (Fsp3) is 0.714. The van der Waals surface area contributed by atoms with E-state index in [9.17, 15) is 9.59 Å². The Bertz CT molecular complexity index is 168. The molecule has 3 heteroatoms. The molecule has 3 nitrogen and oxygen atoms in total. The first-order chi connectivity index (χ1) is 4.66. The third kappa shape index (κ3) is 0.916. The fourth-order valence-electron chi connectivity index (χ4n) is 1.22. The van der Waals surface area contributed by atoms with Crippen molar-refractivity contribution >= 4 is 11.7 Å². The number of amides is 1. The first kappa shape index (κ1) is 7.25. The lowest BCUT2D eigenvalue weighted by Crippen LogP contribution is -2.61. The van der Waals surface area contributed by atoms with Gasteiger partial charge < -0.3 is 5.32 Å². The molecule has 1 saturated heterocycles.